The van der Waals surface area contributed by atoms with Crippen LogP contribution >= 0.6 is 0 Å². The first-order chi connectivity index (χ1) is 12.9. The number of H-pyrrole nitrogens is 1. The van der Waals surface area contributed by atoms with E-state index in [9.17, 15) is 14.0 Å². The van der Waals surface area contributed by atoms with Crippen molar-refractivity contribution >= 4 is 22.8 Å². The monoisotopic (exact) mass is 369 g/mol. The molecule has 140 valence electrons. The highest BCUT2D eigenvalue weighted by Crippen LogP contribution is 2.27. The number of carbonyl (C=O) groups excluding carboxylic acids is 1. The number of aromatic nitrogens is 2. The second kappa shape index (κ2) is 7.57. The highest BCUT2D eigenvalue weighted by Gasteiger charge is 2.22. The van der Waals surface area contributed by atoms with Crippen LogP contribution in [-0.2, 0) is 4.74 Å². The third kappa shape index (κ3) is 3.67. The van der Waals surface area contributed by atoms with Crippen molar-refractivity contribution < 1.29 is 13.9 Å². The average Bonchev–Trinajstić information content (AvgIpc) is 2.68. The fourth-order valence-electron chi connectivity index (χ4n) is 3.09. The second-order valence-corrected chi connectivity index (χ2v) is 6.27. The molecule has 3 rings (SSSR count). The number of benzene rings is 1. The molecule has 1 aliphatic rings. The molecule has 0 atom stereocenters. The van der Waals surface area contributed by atoms with Gasteiger partial charge >= 0.3 is 5.97 Å². The highest BCUT2D eigenvalue weighted by molar-refractivity contribution is 5.93. The van der Waals surface area contributed by atoms with Gasteiger partial charge in [0, 0.05) is 12.2 Å². The van der Waals surface area contributed by atoms with E-state index < -0.39 is 11.8 Å². The lowest BCUT2D eigenvalue weighted by molar-refractivity contribution is 0.0601. The quantitative estimate of drug-likeness (QED) is 0.658. The molecule has 0 radical (unpaired) electrons. The van der Waals surface area contributed by atoms with Crippen molar-refractivity contribution in [3.05, 3.63) is 69.9 Å². The van der Waals surface area contributed by atoms with Gasteiger partial charge in [0.15, 0.2) is 5.82 Å². The first-order valence-electron chi connectivity index (χ1n) is 8.54. The number of hydrogen-bond acceptors (Lipinski definition) is 5. The zero-order valence-electron chi connectivity index (χ0n) is 15.2. The van der Waals surface area contributed by atoms with E-state index in [1.54, 1.807) is 23.1 Å². The van der Waals surface area contributed by atoms with Crippen LogP contribution in [0.15, 0.2) is 58.8 Å². The molecular formula is C20H20FN3O3. The lowest BCUT2D eigenvalue weighted by Crippen LogP contribution is -2.33. The number of nitrogens with one attached hydrogen (secondary N) is 1. The van der Waals surface area contributed by atoms with Gasteiger partial charge in [-0.1, -0.05) is 6.58 Å². The summed E-state index contributed by atoms with van der Waals surface area (Å²) in [5, 5.41) is 0. The molecular weight excluding hydrogens is 349 g/mol. The average molecular weight is 369 g/mol. The molecule has 2 aromatic rings. The Morgan fingerprint density at radius 3 is 2.93 bits per heavy atom. The molecule has 0 saturated carbocycles. The van der Waals surface area contributed by atoms with Crippen molar-refractivity contribution in [2.45, 2.75) is 19.8 Å². The predicted molar refractivity (Wildman–Crippen MR) is 102 cm³/mol. The zero-order chi connectivity index (χ0) is 19.6. The largest absolute Gasteiger partial charge is 0.465 e. The van der Waals surface area contributed by atoms with Gasteiger partial charge in [-0.3, -0.25) is 4.79 Å². The summed E-state index contributed by atoms with van der Waals surface area (Å²) in [5.74, 6) is -0.815. The number of rotatable bonds is 4. The number of aromatic amines is 1. The third-order valence-corrected chi connectivity index (χ3v) is 4.48. The maximum absolute atomic E-state index is 13.8. The maximum Gasteiger partial charge on any atom is 0.337 e. The highest BCUT2D eigenvalue weighted by atomic mass is 19.1. The first kappa shape index (κ1) is 18.6. The van der Waals surface area contributed by atoms with Crippen LogP contribution in [0.3, 0.4) is 0 Å². The summed E-state index contributed by atoms with van der Waals surface area (Å²) in [6, 6.07) is 4.72. The Morgan fingerprint density at radius 1 is 1.44 bits per heavy atom. The summed E-state index contributed by atoms with van der Waals surface area (Å²) < 4.78 is 18.6. The van der Waals surface area contributed by atoms with Crippen LogP contribution in [0.4, 0.5) is 10.2 Å². The number of hydrogen-bond donors (Lipinski definition) is 1. The van der Waals surface area contributed by atoms with Crippen LogP contribution in [0, 0.1) is 0 Å². The van der Waals surface area contributed by atoms with Crippen molar-refractivity contribution in [2.75, 3.05) is 18.6 Å². The van der Waals surface area contributed by atoms with Gasteiger partial charge in [0.1, 0.15) is 5.83 Å². The maximum atomic E-state index is 13.8. The summed E-state index contributed by atoms with van der Waals surface area (Å²) in [4.78, 5) is 33.3. The topological polar surface area (TPSA) is 75.3 Å². The van der Waals surface area contributed by atoms with E-state index in [4.69, 9.17) is 4.74 Å². The number of allylic oxidation sites excluding steroid dienone is 4. The molecule has 1 aromatic carbocycles. The summed E-state index contributed by atoms with van der Waals surface area (Å²) >= 11 is 0. The van der Waals surface area contributed by atoms with Crippen LogP contribution in [0.25, 0.3) is 11.0 Å². The molecule has 27 heavy (non-hydrogen) atoms. The molecule has 1 aromatic heterocycles. The van der Waals surface area contributed by atoms with Gasteiger partial charge in [0.05, 0.1) is 23.7 Å². The fraction of sp³-hybridized carbons (Fsp3) is 0.250. The number of esters is 1. The van der Waals surface area contributed by atoms with Gasteiger partial charge < -0.3 is 14.6 Å². The molecule has 0 fully saturated rings. The number of anilines is 1. The molecule has 0 spiro atoms. The van der Waals surface area contributed by atoms with Crippen molar-refractivity contribution in [3.8, 4) is 0 Å². The fourth-order valence-corrected chi connectivity index (χ4v) is 3.09. The molecule has 1 N–H and O–H groups in total. The van der Waals surface area contributed by atoms with E-state index >= 15 is 0 Å². The molecule has 0 unspecified atom stereocenters. The molecule has 0 amide bonds. The van der Waals surface area contributed by atoms with E-state index in [0.29, 0.717) is 28.8 Å². The van der Waals surface area contributed by atoms with E-state index in [1.165, 1.54) is 13.2 Å². The summed E-state index contributed by atoms with van der Waals surface area (Å²) in [7, 11) is 1.30. The molecule has 1 aliphatic heterocycles. The summed E-state index contributed by atoms with van der Waals surface area (Å²) in [5.41, 5.74) is 2.46. The number of ether oxygens (including phenoxy) is 1. The molecule has 0 saturated heterocycles. The lowest BCUT2D eigenvalue weighted by atomic mass is 10.0. The number of nitrogens with zero attached hydrogens (tertiary/aromatic N) is 2. The van der Waals surface area contributed by atoms with E-state index in [1.807, 2.05) is 6.92 Å². The minimum absolute atomic E-state index is 0.159. The third-order valence-electron chi connectivity index (χ3n) is 4.48. The Kier molecular flexibility index (Phi) is 5.21. The number of carbonyl (C=O) groups is 1. The van der Waals surface area contributed by atoms with Crippen LogP contribution in [0.5, 0.6) is 0 Å². The van der Waals surface area contributed by atoms with Gasteiger partial charge in [-0.15, -0.1) is 0 Å². The number of halogens is 1. The standard InChI is InChI=1S/C20H20FN3O3/c1-4-14(21)11-17-12(2)6-5-9-24(17)18-19(25)23-15-8-7-13(20(26)27-3)10-16(15)22-18/h4,7-8,10-11H,1,5-6,9H2,2-3H3,(H,23,25)/b14-11+. The Hall–Kier alpha value is -3.22. The van der Waals surface area contributed by atoms with Crippen LogP contribution in [0.1, 0.15) is 30.1 Å². The van der Waals surface area contributed by atoms with Gasteiger partial charge in [0.25, 0.3) is 5.56 Å². The lowest BCUT2D eigenvalue weighted by Gasteiger charge is -2.30. The SMILES string of the molecule is C=C/C(F)=C\C1=C(C)CCCN1c1nc2cc(C(=O)OC)ccc2[nH]c1=O. The summed E-state index contributed by atoms with van der Waals surface area (Å²) in [6.45, 7) is 5.87. The van der Waals surface area contributed by atoms with Crippen molar-refractivity contribution in [1.82, 2.24) is 9.97 Å². The van der Waals surface area contributed by atoms with E-state index in [-0.39, 0.29) is 11.4 Å². The van der Waals surface area contributed by atoms with Crippen LogP contribution < -0.4 is 10.5 Å². The zero-order valence-corrected chi connectivity index (χ0v) is 15.2. The minimum Gasteiger partial charge on any atom is -0.465 e. The molecule has 0 aliphatic carbocycles. The van der Waals surface area contributed by atoms with Gasteiger partial charge in [-0.2, -0.15) is 0 Å². The Labute approximate surface area is 155 Å². The first-order valence-corrected chi connectivity index (χ1v) is 8.54. The van der Waals surface area contributed by atoms with E-state index in [0.717, 1.165) is 24.5 Å². The van der Waals surface area contributed by atoms with Gasteiger partial charge in [-0.25, -0.2) is 14.2 Å². The summed E-state index contributed by atoms with van der Waals surface area (Å²) in [6.07, 6.45) is 4.11. The van der Waals surface area contributed by atoms with Crippen molar-refractivity contribution in [1.29, 1.82) is 0 Å². The Bertz CT molecular complexity index is 1040. The Balaban J connectivity index is 2.15. The number of methoxy groups -OCH3 is 1. The van der Waals surface area contributed by atoms with Gasteiger partial charge in [0.2, 0.25) is 0 Å². The minimum atomic E-state index is -0.489. The normalized spacial score (nSPS) is 15.2. The smallest absolute Gasteiger partial charge is 0.337 e. The molecule has 6 nitrogen and oxygen atoms in total. The number of fused-ring (bicyclic) bond motifs is 1. The predicted octanol–water partition coefficient (Wildman–Crippen LogP) is 3.62. The molecule has 0 bridgehead atoms. The van der Waals surface area contributed by atoms with Crippen molar-refractivity contribution in [2.24, 2.45) is 0 Å². The molecule has 2 heterocycles. The van der Waals surface area contributed by atoms with Crippen molar-refractivity contribution in [3.63, 3.8) is 0 Å². The van der Waals surface area contributed by atoms with Crippen LogP contribution in [-0.4, -0.2) is 29.6 Å². The Morgan fingerprint density at radius 2 is 2.22 bits per heavy atom. The molecule has 7 heteroatoms. The van der Waals surface area contributed by atoms with E-state index in [2.05, 4.69) is 16.5 Å². The second-order valence-electron chi connectivity index (χ2n) is 6.27. The van der Waals surface area contributed by atoms with Gasteiger partial charge in [-0.05, 0) is 55.7 Å². The van der Waals surface area contributed by atoms with Crippen LogP contribution in [0.2, 0.25) is 0 Å².